The number of rotatable bonds is 2. The summed E-state index contributed by atoms with van der Waals surface area (Å²) >= 11 is 0. The Morgan fingerprint density at radius 1 is 1.75 bits per heavy atom. The largest absolute Gasteiger partial charge is 0.106 e. The maximum atomic E-state index is 3.59. The van der Waals surface area contributed by atoms with Crippen LogP contribution >= 0.6 is 0 Å². The summed E-state index contributed by atoms with van der Waals surface area (Å²) < 4.78 is 0. The predicted octanol–water partition coefficient (Wildman–Crippen LogP) is 2.18. The molecule has 0 aliphatic heterocycles. The molecule has 0 aliphatic carbocycles. The van der Waals surface area contributed by atoms with Gasteiger partial charge in [-0.3, -0.25) is 0 Å². The van der Waals surface area contributed by atoms with E-state index in [9.17, 15) is 0 Å². The zero-order valence-electron chi connectivity index (χ0n) is 5.49. The van der Waals surface area contributed by atoms with Crippen LogP contribution in [-0.2, 0) is 0 Å². The van der Waals surface area contributed by atoms with Crippen molar-refractivity contribution in [2.75, 3.05) is 0 Å². The predicted molar refractivity (Wildman–Crippen MR) is 37.2 cm³/mol. The minimum Gasteiger partial charge on any atom is -0.106 e. The van der Waals surface area contributed by atoms with E-state index < -0.39 is 0 Å². The van der Waals surface area contributed by atoms with Crippen LogP contribution in [0.15, 0.2) is 12.7 Å². The van der Waals surface area contributed by atoms with Crippen molar-refractivity contribution >= 4 is 0 Å². The lowest BCUT2D eigenvalue weighted by molar-refractivity contribution is 1.10. The van der Waals surface area contributed by atoms with Gasteiger partial charge in [0.05, 0.1) is 0 Å². The second-order valence-corrected chi connectivity index (χ2v) is 1.65. The molecular weight excluding hydrogens is 96.1 g/mol. The Kier molecular flexibility index (Phi) is 4.07. The first-order valence-electron chi connectivity index (χ1n) is 2.67. The van der Waals surface area contributed by atoms with E-state index in [4.69, 9.17) is 0 Å². The summed E-state index contributed by atoms with van der Waals surface area (Å²) in [4.78, 5) is 0. The first-order chi connectivity index (χ1) is 3.81. The van der Waals surface area contributed by atoms with Gasteiger partial charge in [-0.2, -0.15) is 0 Å². The highest BCUT2D eigenvalue weighted by molar-refractivity contribution is 5.19. The van der Waals surface area contributed by atoms with Gasteiger partial charge in [0.15, 0.2) is 0 Å². The van der Waals surface area contributed by atoms with Crippen LogP contribution in [-0.4, -0.2) is 0 Å². The van der Waals surface area contributed by atoms with Crippen molar-refractivity contribution in [2.24, 2.45) is 0 Å². The van der Waals surface area contributed by atoms with Crippen molar-refractivity contribution in [3.8, 4) is 11.8 Å². The zero-order chi connectivity index (χ0) is 6.41. The quantitative estimate of drug-likeness (QED) is 0.375. The first-order valence-corrected chi connectivity index (χ1v) is 2.67. The van der Waals surface area contributed by atoms with E-state index in [1.165, 1.54) is 5.92 Å². The molecule has 0 aromatic rings. The van der Waals surface area contributed by atoms with Crippen molar-refractivity contribution in [3.63, 3.8) is 0 Å². The SMILES string of the molecule is C=CC[C](C)C#CC. The third kappa shape index (κ3) is 3.49. The molecule has 1 radical (unpaired) electrons. The lowest BCUT2D eigenvalue weighted by atomic mass is 10.1. The molecule has 0 unspecified atom stereocenters. The molecule has 0 nitrogen and oxygen atoms in total. The number of hydrogen-bond acceptors (Lipinski definition) is 0. The van der Waals surface area contributed by atoms with Gasteiger partial charge in [-0.05, 0) is 20.3 Å². The number of hydrogen-bond donors (Lipinski definition) is 0. The van der Waals surface area contributed by atoms with Crippen LogP contribution in [0.3, 0.4) is 0 Å². The van der Waals surface area contributed by atoms with E-state index >= 15 is 0 Å². The Morgan fingerprint density at radius 2 is 2.38 bits per heavy atom. The van der Waals surface area contributed by atoms with Crippen molar-refractivity contribution < 1.29 is 0 Å². The fourth-order valence-electron chi connectivity index (χ4n) is 0.481. The normalized spacial score (nSPS) is 7.88. The molecule has 0 rings (SSSR count). The van der Waals surface area contributed by atoms with Gasteiger partial charge in [0.1, 0.15) is 0 Å². The summed E-state index contributed by atoms with van der Waals surface area (Å²) in [5.41, 5.74) is 0. The smallest absolute Gasteiger partial charge is 0.0486 e. The molecule has 8 heavy (non-hydrogen) atoms. The molecule has 0 heteroatoms. The average Bonchev–Trinajstić information content (AvgIpc) is 1.68. The third-order valence-corrected chi connectivity index (χ3v) is 0.789. The Balaban J connectivity index is 3.41. The van der Waals surface area contributed by atoms with E-state index in [0.29, 0.717) is 0 Å². The summed E-state index contributed by atoms with van der Waals surface area (Å²) in [6.07, 6.45) is 2.78. The summed E-state index contributed by atoms with van der Waals surface area (Å²) in [6, 6.07) is 0. The molecule has 0 amide bonds. The average molecular weight is 107 g/mol. The molecule has 0 aromatic heterocycles. The van der Waals surface area contributed by atoms with Gasteiger partial charge in [-0.1, -0.05) is 12.0 Å². The van der Waals surface area contributed by atoms with E-state index in [2.05, 4.69) is 18.4 Å². The van der Waals surface area contributed by atoms with Crippen LogP contribution in [0.5, 0.6) is 0 Å². The van der Waals surface area contributed by atoms with E-state index in [-0.39, 0.29) is 0 Å². The molecule has 0 atom stereocenters. The summed E-state index contributed by atoms with van der Waals surface area (Å²) in [7, 11) is 0. The molecule has 0 spiro atoms. The van der Waals surface area contributed by atoms with Gasteiger partial charge in [0.2, 0.25) is 0 Å². The van der Waals surface area contributed by atoms with Crippen LogP contribution in [0.25, 0.3) is 0 Å². The van der Waals surface area contributed by atoms with Crippen LogP contribution in [0.1, 0.15) is 20.3 Å². The van der Waals surface area contributed by atoms with Gasteiger partial charge in [-0.25, -0.2) is 0 Å². The second kappa shape index (κ2) is 4.46. The maximum absolute atomic E-state index is 3.59. The van der Waals surface area contributed by atoms with Gasteiger partial charge in [-0.15, -0.1) is 12.5 Å². The van der Waals surface area contributed by atoms with Gasteiger partial charge in [0.25, 0.3) is 0 Å². The van der Waals surface area contributed by atoms with E-state index in [1.54, 1.807) is 0 Å². The van der Waals surface area contributed by atoms with Crippen molar-refractivity contribution in [1.29, 1.82) is 0 Å². The Morgan fingerprint density at radius 3 is 2.75 bits per heavy atom. The highest BCUT2D eigenvalue weighted by Crippen LogP contribution is 2.00. The van der Waals surface area contributed by atoms with Crippen LogP contribution in [0.2, 0.25) is 0 Å². The maximum Gasteiger partial charge on any atom is 0.0486 e. The fourth-order valence-corrected chi connectivity index (χ4v) is 0.481. The van der Waals surface area contributed by atoms with Crippen molar-refractivity contribution in [1.82, 2.24) is 0 Å². The Labute approximate surface area is 51.6 Å². The molecule has 0 heterocycles. The molecule has 0 bridgehead atoms. The van der Waals surface area contributed by atoms with Gasteiger partial charge in [0, 0.05) is 5.92 Å². The fraction of sp³-hybridized carbons (Fsp3) is 0.375. The summed E-state index contributed by atoms with van der Waals surface area (Å²) in [5, 5.41) is 0. The molecule has 0 saturated carbocycles. The van der Waals surface area contributed by atoms with Crippen LogP contribution in [0, 0.1) is 17.8 Å². The molecular formula is C8H11. The Hall–Kier alpha value is -0.700. The summed E-state index contributed by atoms with van der Waals surface area (Å²) in [5.74, 6) is 6.94. The van der Waals surface area contributed by atoms with Crippen LogP contribution < -0.4 is 0 Å². The highest BCUT2D eigenvalue weighted by Gasteiger charge is 1.89. The third-order valence-electron chi connectivity index (χ3n) is 0.789. The Bertz CT molecular complexity index is 112. The van der Waals surface area contributed by atoms with Crippen molar-refractivity contribution in [3.05, 3.63) is 18.6 Å². The minimum atomic E-state index is 0.918. The van der Waals surface area contributed by atoms with Crippen LogP contribution in [0.4, 0.5) is 0 Å². The van der Waals surface area contributed by atoms with E-state index in [1.807, 2.05) is 19.9 Å². The standard InChI is InChI=1S/C8H11/c1-4-6-8(3)7-5-2/h4H,1,6H2,2-3H3. The number of allylic oxidation sites excluding steroid dienone is 1. The summed E-state index contributed by atoms with van der Waals surface area (Å²) in [6.45, 7) is 7.45. The lowest BCUT2D eigenvalue weighted by Crippen LogP contribution is -1.81. The van der Waals surface area contributed by atoms with Gasteiger partial charge < -0.3 is 0 Å². The van der Waals surface area contributed by atoms with E-state index in [0.717, 1.165) is 6.42 Å². The minimum absolute atomic E-state index is 0.918. The molecule has 0 saturated heterocycles. The topological polar surface area (TPSA) is 0 Å². The highest BCUT2D eigenvalue weighted by atomic mass is 13.9. The van der Waals surface area contributed by atoms with Gasteiger partial charge >= 0.3 is 0 Å². The molecule has 0 aromatic carbocycles. The molecule has 0 N–H and O–H groups in total. The molecule has 0 aliphatic rings. The first kappa shape index (κ1) is 7.30. The lowest BCUT2D eigenvalue weighted by Gasteiger charge is -1.92. The molecule has 0 fully saturated rings. The second-order valence-electron chi connectivity index (χ2n) is 1.65. The zero-order valence-corrected chi connectivity index (χ0v) is 5.49. The molecule has 43 valence electrons. The monoisotopic (exact) mass is 107 g/mol. The van der Waals surface area contributed by atoms with Crippen molar-refractivity contribution in [2.45, 2.75) is 20.3 Å².